The molecule has 0 bridgehead atoms. The fourth-order valence-electron chi connectivity index (χ4n) is 0.337. The van der Waals surface area contributed by atoms with Crippen LogP contribution >= 0.6 is 0 Å². The van der Waals surface area contributed by atoms with Crippen LogP contribution < -0.4 is 0 Å². The summed E-state index contributed by atoms with van der Waals surface area (Å²) < 4.78 is 2.92. The molecule has 0 amide bonds. The molecule has 1 heteroatoms. The van der Waals surface area contributed by atoms with Crippen molar-refractivity contribution >= 4 is 16.9 Å². The first-order chi connectivity index (χ1) is 3.41. The zero-order chi connectivity index (χ0) is 5.54. The number of unbranched alkanes of at least 4 members (excludes halogenated alkanes) is 2. The molecule has 0 fully saturated rings. The third kappa shape index (κ3) is 6.12. The monoisotopic (exact) mass is 158 g/mol. The van der Waals surface area contributed by atoms with Crippen molar-refractivity contribution < 1.29 is 0 Å². The average molecular weight is 158 g/mol. The van der Waals surface area contributed by atoms with Crippen molar-refractivity contribution in [2.24, 2.45) is 0 Å². The van der Waals surface area contributed by atoms with E-state index in [0.717, 1.165) is 6.42 Å². The minimum absolute atomic E-state index is 1.09. The molecule has 0 aromatic rings. The van der Waals surface area contributed by atoms with E-state index < -0.39 is 0 Å². The van der Waals surface area contributed by atoms with E-state index in [0.29, 0.717) is 0 Å². The summed E-state index contributed by atoms with van der Waals surface area (Å²) in [4.78, 5) is 0. The Morgan fingerprint density at radius 1 is 1.57 bits per heavy atom. The summed E-state index contributed by atoms with van der Waals surface area (Å²) in [5.41, 5.74) is 0. The van der Waals surface area contributed by atoms with E-state index in [1.54, 1.807) is 0 Å². The fraction of sp³-hybridized carbons (Fsp3) is 0.667. The van der Waals surface area contributed by atoms with Gasteiger partial charge in [0.05, 0.1) is 0 Å². The van der Waals surface area contributed by atoms with Gasteiger partial charge in [-0.1, -0.05) is 0 Å². The normalized spacial score (nSPS) is 7.14. The molecule has 0 saturated heterocycles. The van der Waals surface area contributed by atoms with Crippen molar-refractivity contribution in [2.45, 2.75) is 26.2 Å². The van der Waals surface area contributed by atoms with Crippen LogP contribution in [0.25, 0.3) is 0 Å². The molecule has 0 N–H and O–H groups in total. The van der Waals surface area contributed by atoms with E-state index in [9.17, 15) is 0 Å². The first-order valence-corrected chi connectivity index (χ1v) is 3.81. The fourth-order valence-corrected chi connectivity index (χ4v) is 0.640. The Morgan fingerprint density at radius 3 is 2.71 bits per heavy atom. The van der Waals surface area contributed by atoms with Crippen LogP contribution in [-0.2, 0) is 0 Å². The van der Waals surface area contributed by atoms with Gasteiger partial charge in [0.2, 0.25) is 0 Å². The second kappa shape index (κ2) is 6.12. The van der Waals surface area contributed by atoms with Gasteiger partial charge < -0.3 is 0 Å². The van der Waals surface area contributed by atoms with Crippen LogP contribution in [0, 0.1) is 10.6 Å². The summed E-state index contributed by atoms with van der Waals surface area (Å²) in [5, 5.41) is 0. The van der Waals surface area contributed by atoms with E-state index in [1.165, 1.54) is 29.7 Å². The summed E-state index contributed by atoms with van der Waals surface area (Å²) in [6, 6.07) is 0. The van der Waals surface area contributed by atoms with Gasteiger partial charge in [-0.2, -0.15) is 0 Å². The summed E-state index contributed by atoms with van der Waals surface area (Å²) >= 11 is 1.51. The molecule has 40 valence electrons. The quantitative estimate of drug-likeness (QED) is 0.316. The molecule has 0 rings (SSSR count). The maximum absolute atomic E-state index is 3.03. The molecule has 1 unspecified atom stereocenters. The van der Waals surface area contributed by atoms with Gasteiger partial charge in [0.25, 0.3) is 0 Å². The van der Waals surface area contributed by atoms with Crippen LogP contribution in [0.4, 0.5) is 0 Å². The Bertz CT molecular complexity index is 75.9. The van der Waals surface area contributed by atoms with Crippen LogP contribution in [0.15, 0.2) is 0 Å². The molecule has 0 nitrogen and oxygen atoms in total. The predicted octanol–water partition coefficient (Wildman–Crippen LogP) is 0.771. The minimum atomic E-state index is 1.09. The zero-order valence-corrected chi connectivity index (χ0v) is 7.12. The molecule has 0 aromatic carbocycles. The van der Waals surface area contributed by atoms with Crippen LogP contribution in [0.1, 0.15) is 26.2 Å². The van der Waals surface area contributed by atoms with Gasteiger partial charge in [0, 0.05) is 0 Å². The molecule has 0 radical (unpaired) electrons. The van der Waals surface area contributed by atoms with Crippen molar-refractivity contribution in [3.63, 3.8) is 0 Å². The Balaban J connectivity index is 2.78. The van der Waals surface area contributed by atoms with Gasteiger partial charge in [-0.05, 0) is 0 Å². The summed E-state index contributed by atoms with van der Waals surface area (Å²) in [6.45, 7) is 2.18. The second-order valence-electron chi connectivity index (χ2n) is 1.42. The van der Waals surface area contributed by atoms with Gasteiger partial charge in [0.1, 0.15) is 0 Å². The Kier molecular flexibility index (Phi) is 6.22. The Morgan fingerprint density at radius 2 is 2.29 bits per heavy atom. The summed E-state index contributed by atoms with van der Waals surface area (Å²) in [6.07, 6.45) is 3.62. The predicted molar refractivity (Wildman–Crippen MR) is 35.8 cm³/mol. The first kappa shape index (κ1) is 7.12. The molecular weight excluding hydrogens is 147 g/mol. The molecule has 0 spiro atoms. The van der Waals surface area contributed by atoms with Crippen LogP contribution in [0.2, 0.25) is 0 Å². The van der Waals surface area contributed by atoms with Crippen molar-refractivity contribution in [3.8, 4) is 10.6 Å². The average Bonchev–Trinajstić information content (AvgIpc) is 1.69. The van der Waals surface area contributed by atoms with Gasteiger partial charge in [-0.3, -0.25) is 0 Å². The van der Waals surface area contributed by atoms with Crippen LogP contribution in [-0.4, -0.2) is 16.9 Å². The molecule has 7 heavy (non-hydrogen) atoms. The topological polar surface area (TPSA) is 0 Å². The molecule has 0 aliphatic heterocycles. The molecule has 0 aliphatic carbocycles. The van der Waals surface area contributed by atoms with E-state index in [1.807, 2.05) is 0 Å². The summed E-state index contributed by atoms with van der Waals surface area (Å²) in [5.74, 6) is 3.03. The SMILES string of the molecule is CCCCC#C[AsH2]. The van der Waals surface area contributed by atoms with Crippen molar-refractivity contribution in [3.05, 3.63) is 0 Å². The van der Waals surface area contributed by atoms with Gasteiger partial charge in [0.15, 0.2) is 0 Å². The third-order valence-electron chi connectivity index (χ3n) is 0.757. The molecule has 1 atom stereocenters. The third-order valence-corrected chi connectivity index (χ3v) is 1.19. The Labute approximate surface area is 54.2 Å². The van der Waals surface area contributed by atoms with E-state index in [4.69, 9.17) is 0 Å². The maximum atomic E-state index is 3.03. The van der Waals surface area contributed by atoms with E-state index in [2.05, 4.69) is 17.6 Å². The second-order valence-corrected chi connectivity index (χ2v) is 2.03. The van der Waals surface area contributed by atoms with Crippen molar-refractivity contribution in [1.82, 2.24) is 0 Å². The zero-order valence-electron chi connectivity index (χ0n) is 4.70. The standard InChI is InChI=1S/C6H11As/c1-2-3-4-5-6-7/h2-4,7H2,1H3. The molecule has 0 heterocycles. The van der Waals surface area contributed by atoms with E-state index in [-0.39, 0.29) is 0 Å². The van der Waals surface area contributed by atoms with Gasteiger partial charge in [-0.15, -0.1) is 0 Å². The molecule has 0 aliphatic rings. The molecule has 0 saturated carbocycles. The molecule has 0 aromatic heterocycles. The first-order valence-electron chi connectivity index (χ1n) is 2.60. The van der Waals surface area contributed by atoms with Crippen LogP contribution in [0.3, 0.4) is 0 Å². The van der Waals surface area contributed by atoms with Gasteiger partial charge >= 0.3 is 53.7 Å². The van der Waals surface area contributed by atoms with Crippen molar-refractivity contribution in [2.75, 3.05) is 0 Å². The molecular formula is C6H11As. The Hall–Kier alpha value is 0.118. The number of hydrogen-bond acceptors (Lipinski definition) is 0. The van der Waals surface area contributed by atoms with Gasteiger partial charge in [-0.25, -0.2) is 0 Å². The van der Waals surface area contributed by atoms with Crippen LogP contribution in [0.5, 0.6) is 0 Å². The summed E-state index contributed by atoms with van der Waals surface area (Å²) in [7, 11) is 0. The number of hydrogen-bond donors (Lipinski definition) is 0. The van der Waals surface area contributed by atoms with E-state index >= 15 is 0 Å². The van der Waals surface area contributed by atoms with Crippen molar-refractivity contribution in [1.29, 1.82) is 0 Å². The number of rotatable bonds is 2.